The van der Waals surface area contributed by atoms with Crippen LogP contribution in [0.25, 0.3) is 5.53 Å². The van der Waals surface area contributed by atoms with E-state index < -0.39 is 29.3 Å². The fourth-order valence-electron chi connectivity index (χ4n) is 1.31. The molecule has 0 aliphatic rings. The molecule has 0 bridgehead atoms. The van der Waals surface area contributed by atoms with Crippen molar-refractivity contribution in [1.29, 1.82) is 0 Å². The van der Waals surface area contributed by atoms with Crippen LogP contribution in [0, 0.1) is 0 Å². The normalized spacial score (nSPS) is 12.3. The number of amides is 1. The van der Waals surface area contributed by atoms with Crippen molar-refractivity contribution < 1.29 is 29.0 Å². The largest absolute Gasteiger partial charge is 0.461 e. The summed E-state index contributed by atoms with van der Waals surface area (Å²) in [4.78, 5) is 37.4. The third-order valence-electron chi connectivity index (χ3n) is 2.38. The maximum atomic E-state index is 11.9. The average molecular weight is 299 g/mol. The van der Waals surface area contributed by atoms with Crippen molar-refractivity contribution in [2.24, 2.45) is 0 Å². The number of ketones is 1. The van der Waals surface area contributed by atoms with E-state index in [9.17, 15) is 19.5 Å². The van der Waals surface area contributed by atoms with Crippen LogP contribution in [0.5, 0.6) is 0 Å². The number of carbonyl (C=O) groups is 3. The Morgan fingerprint density at radius 2 is 1.95 bits per heavy atom. The summed E-state index contributed by atoms with van der Waals surface area (Å²) < 4.78 is 4.99. The number of aliphatic hydroxyl groups is 1. The van der Waals surface area contributed by atoms with Gasteiger partial charge in [-0.3, -0.25) is 9.59 Å². The first-order valence-corrected chi connectivity index (χ1v) is 6.52. The van der Waals surface area contributed by atoms with Crippen LogP contribution in [0.3, 0.4) is 0 Å². The van der Waals surface area contributed by atoms with Crippen molar-refractivity contribution >= 4 is 23.9 Å². The van der Waals surface area contributed by atoms with E-state index in [2.05, 4.69) is 10.1 Å². The second-order valence-corrected chi connectivity index (χ2v) is 5.32. The predicted molar refractivity (Wildman–Crippen MR) is 73.4 cm³/mol. The van der Waals surface area contributed by atoms with E-state index >= 15 is 0 Å². The Bertz CT molecular complexity index is 447. The van der Waals surface area contributed by atoms with Gasteiger partial charge in [-0.05, 0) is 34.1 Å². The van der Waals surface area contributed by atoms with Gasteiger partial charge in [-0.2, -0.15) is 4.79 Å². The van der Waals surface area contributed by atoms with Crippen molar-refractivity contribution in [3.63, 3.8) is 0 Å². The topological polar surface area (TPSA) is 129 Å². The Hall–Kier alpha value is -2.05. The van der Waals surface area contributed by atoms with Gasteiger partial charge in [-0.25, -0.2) is 4.79 Å². The minimum Gasteiger partial charge on any atom is -0.461 e. The maximum Gasteiger partial charge on any atom is 0.328 e. The molecule has 0 rings (SSSR count). The van der Waals surface area contributed by atoms with Gasteiger partial charge in [-0.15, -0.1) is 0 Å². The number of carbonyl (C=O) groups excluding carboxylic acids is 3. The lowest BCUT2D eigenvalue weighted by molar-refractivity contribution is -0.153. The third-order valence-corrected chi connectivity index (χ3v) is 2.38. The third kappa shape index (κ3) is 7.96. The smallest absolute Gasteiger partial charge is 0.328 e. The SMILES string of the molecule is CC(C)OC(=O)[C@H](CCC(=O)C=[N+]=[N-])NC(=O)C(C)(C)O. The molecule has 8 nitrogen and oxygen atoms in total. The van der Waals surface area contributed by atoms with Gasteiger partial charge in [0, 0.05) is 6.42 Å². The monoisotopic (exact) mass is 299 g/mol. The zero-order valence-electron chi connectivity index (χ0n) is 12.6. The van der Waals surface area contributed by atoms with Crippen LogP contribution in [-0.4, -0.2) is 51.5 Å². The molecule has 0 saturated carbocycles. The van der Waals surface area contributed by atoms with Gasteiger partial charge in [0.2, 0.25) is 5.78 Å². The lowest BCUT2D eigenvalue weighted by Gasteiger charge is -2.23. The van der Waals surface area contributed by atoms with Crippen LogP contribution < -0.4 is 5.32 Å². The zero-order valence-corrected chi connectivity index (χ0v) is 12.6. The lowest BCUT2D eigenvalue weighted by atomic mass is 10.1. The van der Waals surface area contributed by atoms with Crippen LogP contribution in [0.1, 0.15) is 40.5 Å². The molecule has 0 aliphatic heterocycles. The van der Waals surface area contributed by atoms with E-state index in [1.165, 1.54) is 13.8 Å². The quantitative estimate of drug-likeness (QED) is 0.278. The standard InChI is InChI=1S/C13H21N3O5/c1-8(2)21-11(18)10(6-5-9(17)7-15-14)16-12(19)13(3,4)20/h7-8,10,20H,5-6H2,1-4H3,(H,16,19)/t10-/m0/s1. The highest BCUT2D eigenvalue weighted by molar-refractivity contribution is 6.25. The van der Waals surface area contributed by atoms with Crippen LogP contribution in [0.2, 0.25) is 0 Å². The molecule has 0 aromatic heterocycles. The minimum absolute atomic E-state index is 0.0295. The molecule has 1 amide bonds. The van der Waals surface area contributed by atoms with Crippen molar-refractivity contribution in [3.05, 3.63) is 5.53 Å². The van der Waals surface area contributed by atoms with Gasteiger partial charge in [0.1, 0.15) is 11.6 Å². The van der Waals surface area contributed by atoms with Gasteiger partial charge in [0.05, 0.1) is 6.10 Å². The summed E-state index contributed by atoms with van der Waals surface area (Å²) >= 11 is 0. The Morgan fingerprint density at radius 3 is 2.38 bits per heavy atom. The predicted octanol–water partition coefficient (Wildman–Crippen LogP) is -0.156. The number of nitrogens with zero attached hydrogens (tertiary/aromatic N) is 2. The van der Waals surface area contributed by atoms with Gasteiger partial charge in [-0.1, -0.05) is 0 Å². The fourth-order valence-corrected chi connectivity index (χ4v) is 1.31. The van der Waals surface area contributed by atoms with Crippen molar-refractivity contribution in [2.75, 3.05) is 0 Å². The average Bonchev–Trinajstić information content (AvgIpc) is 2.32. The molecule has 0 radical (unpaired) electrons. The summed E-state index contributed by atoms with van der Waals surface area (Å²) in [5.41, 5.74) is 6.58. The first kappa shape index (κ1) is 18.9. The van der Waals surface area contributed by atoms with E-state index in [4.69, 9.17) is 10.3 Å². The van der Waals surface area contributed by atoms with Crippen LogP contribution in [0.4, 0.5) is 0 Å². The maximum absolute atomic E-state index is 11.9. The van der Waals surface area contributed by atoms with Crippen molar-refractivity contribution in [3.8, 4) is 0 Å². The van der Waals surface area contributed by atoms with Crippen LogP contribution >= 0.6 is 0 Å². The van der Waals surface area contributed by atoms with Crippen LogP contribution in [0.15, 0.2) is 0 Å². The summed E-state index contributed by atoms with van der Waals surface area (Å²) in [5.74, 6) is -1.95. The number of nitrogens with one attached hydrogen (secondary N) is 1. The minimum atomic E-state index is -1.66. The number of esters is 1. The highest BCUT2D eigenvalue weighted by Crippen LogP contribution is 2.07. The zero-order chi connectivity index (χ0) is 16.6. The van der Waals surface area contributed by atoms with E-state index in [-0.39, 0.29) is 18.9 Å². The number of ether oxygens (including phenoxy) is 1. The molecule has 0 aromatic carbocycles. The highest BCUT2D eigenvalue weighted by Gasteiger charge is 2.30. The number of Topliss-reactive ketones (excluding diaryl/α,β-unsaturated/α-hetero) is 1. The fraction of sp³-hybridized carbons (Fsp3) is 0.692. The first-order valence-electron chi connectivity index (χ1n) is 6.52. The number of hydrogen-bond donors (Lipinski definition) is 2. The molecule has 118 valence electrons. The second kappa shape index (κ2) is 8.28. The molecule has 21 heavy (non-hydrogen) atoms. The number of rotatable bonds is 8. The van der Waals surface area contributed by atoms with Gasteiger partial charge >= 0.3 is 12.2 Å². The Balaban J connectivity index is 4.84. The van der Waals surface area contributed by atoms with Crippen molar-refractivity contribution in [1.82, 2.24) is 5.32 Å². The summed E-state index contributed by atoms with van der Waals surface area (Å²) in [7, 11) is 0. The van der Waals surface area contributed by atoms with Gasteiger partial charge in [0.25, 0.3) is 5.91 Å². The molecule has 0 unspecified atom stereocenters. The van der Waals surface area contributed by atoms with Crippen molar-refractivity contribution in [2.45, 2.75) is 58.3 Å². The van der Waals surface area contributed by atoms with Gasteiger partial charge in [0.15, 0.2) is 0 Å². The Morgan fingerprint density at radius 1 is 1.38 bits per heavy atom. The molecule has 0 aliphatic carbocycles. The molecule has 1 atom stereocenters. The Kier molecular flexibility index (Phi) is 7.48. The Labute approximate surface area is 123 Å². The van der Waals surface area contributed by atoms with Gasteiger partial charge < -0.3 is 20.7 Å². The van der Waals surface area contributed by atoms with E-state index in [1.807, 2.05) is 0 Å². The van der Waals surface area contributed by atoms with E-state index in [0.717, 1.165) is 0 Å². The summed E-state index contributed by atoms with van der Waals surface area (Å²) in [6.07, 6.45) is 0.184. The number of hydrogen-bond acceptors (Lipinski definition) is 5. The first-order chi connectivity index (χ1) is 9.57. The van der Waals surface area contributed by atoms with Crippen LogP contribution in [-0.2, 0) is 19.1 Å². The second-order valence-electron chi connectivity index (χ2n) is 5.32. The van der Waals surface area contributed by atoms with E-state index in [0.29, 0.717) is 6.21 Å². The molecule has 8 heteroatoms. The van der Waals surface area contributed by atoms with E-state index in [1.54, 1.807) is 13.8 Å². The molecule has 2 N–H and O–H groups in total. The summed E-state index contributed by atoms with van der Waals surface area (Å²) in [5, 5.41) is 11.9. The molecule has 0 saturated heterocycles. The molecule has 0 spiro atoms. The highest BCUT2D eigenvalue weighted by atomic mass is 16.5. The molecule has 0 aromatic rings. The summed E-state index contributed by atoms with van der Waals surface area (Å²) in [6.45, 7) is 5.85. The molecular formula is C13H21N3O5. The molecule has 0 fully saturated rings. The molecule has 0 heterocycles. The summed E-state index contributed by atoms with van der Waals surface area (Å²) in [6, 6.07) is -1.07. The molecular weight excluding hydrogens is 278 g/mol. The lowest BCUT2D eigenvalue weighted by Crippen LogP contribution is -2.50.